The molecule has 0 unspecified atom stereocenters. The molecule has 2 aliphatic heterocycles. The van der Waals surface area contributed by atoms with Crippen LogP contribution in [-0.2, 0) is 0 Å². The smallest absolute Gasteiger partial charge is 0.162 e. The molecule has 0 amide bonds. The van der Waals surface area contributed by atoms with Crippen LogP contribution in [0.2, 0.25) is 0 Å². The number of nitrogens with zero attached hydrogens (tertiary/aromatic N) is 1. The number of hydrogen-bond acceptors (Lipinski definition) is 2. The molecule has 2 nitrogen and oxygen atoms in total. The molecule has 4 heteroatoms. The van der Waals surface area contributed by atoms with E-state index in [1.807, 2.05) is 0 Å². The molecule has 0 spiro atoms. The maximum Gasteiger partial charge on any atom is 0.162 e. The van der Waals surface area contributed by atoms with E-state index in [9.17, 15) is 9.18 Å². The summed E-state index contributed by atoms with van der Waals surface area (Å²) < 4.78 is 12.8. The van der Waals surface area contributed by atoms with E-state index in [1.165, 1.54) is 50.9 Å². The van der Waals surface area contributed by atoms with Gasteiger partial charge in [-0.2, -0.15) is 0 Å². The van der Waals surface area contributed by atoms with Gasteiger partial charge in [0, 0.05) is 25.1 Å². The number of hydrogen-bond donors (Lipinski definition) is 0. The second-order valence-electron chi connectivity index (χ2n) is 6.68. The highest BCUT2D eigenvalue weighted by molar-refractivity contribution is 5.95. The summed E-state index contributed by atoms with van der Waals surface area (Å²) in [5.74, 6) is 1.62. The molecule has 1 saturated carbocycles. The lowest BCUT2D eigenvalue weighted by molar-refractivity contribution is 0.0974. The Hall–Kier alpha value is -0.930. The Morgan fingerprint density at radius 2 is 1.59 bits per heavy atom. The van der Waals surface area contributed by atoms with Crippen molar-refractivity contribution in [3.05, 3.63) is 35.6 Å². The Kier molecular flexibility index (Phi) is 6.39. The van der Waals surface area contributed by atoms with Crippen molar-refractivity contribution < 1.29 is 9.18 Å². The Bertz CT molecular complexity index is 468. The second-order valence-corrected chi connectivity index (χ2v) is 6.68. The quantitative estimate of drug-likeness (QED) is 0.751. The summed E-state index contributed by atoms with van der Waals surface area (Å²) in [7, 11) is 0. The van der Waals surface area contributed by atoms with E-state index in [4.69, 9.17) is 0 Å². The van der Waals surface area contributed by atoms with E-state index in [0.29, 0.717) is 12.0 Å². The molecule has 2 saturated heterocycles. The lowest BCUT2D eigenvalue weighted by atomic mass is 9.84. The normalized spacial score (nSPS) is 24.6. The Balaban J connectivity index is 0.00000176. The van der Waals surface area contributed by atoms with Crippen molar-refractivity contribution in [2.45, 2.75) is 38.5 Å². The molecule has 4 rings (SSSR count). The number of Topliss-reactive ketones (excluding diaryl/α,β-unsaturated/α-hetero) is 1. The number of rotatable bonds is 5. The monoisotopic (exact) mass is 325 g/mol. The predicted molar refractivity (Wildman–Crippen MR) is 89.1 cm³/mol. The Morgan fingerprint density at radius 3 is 2.14 bits per heavy atom. The Morgan fingerprint density at radius 1 is 1.05 bits per heavy atom. The molecule has 3 fully saturated rings. The first kappa shape index (κ1) is 17.4. The average Bonchev–Trinajstić information content (AvgIpc) is 2.80. The molecule has 0 radical (unpaired) electrons. The lowest BCUT2D eigenvalue weighted by Gasteiger charge is -2.21. The molecule has 22 heavy (non-hydrogen) atoms. The van der Waals surface area contributed by atoms with Crippen molar-refractivity contribution in [2.24, 2.45) is 11.8 Å². The minimum absolute atomic E-state index is 0. The minimum Gasteiger partial charge on any atom is -0.303 e. The van der Waals surface area contributed by atoms with E-state index in [0.717, 1.165) is 24.8 Å². The van der Waals surface area contributed by atoms with Gasteiger partial charge in [-0.25, -0.2) is 4.39 Å². The SMILES string of the molecule is Cl.O=C(CCCN1CC2CCC(CC2)C1)c1ccc(F)cc1. The van der Waals surface area contributed by atoms with Gasteiger partial charge < -0.3 is 4.90 Å². The van der Waals surface area contributed by atoms with E-state index in [2.05, 4.69) is 4.90 Å². The van der Waals surface area contributed by atoms with E-state index in [-0.39, 0.29) is 24.0 Å². The van der Waals surface area contributed by atoms with Gasteiger partial charge in [-0.3, -0.25) is 4.79 Å². The second kappa shape index (κ2) is 8.07. The fourth-order valence-electron chi connectivity index (χ4n) is 3.83. The van der Waals surface area contributed by atoms with E-state index >= 15 is 0 Å². The van der Waals surface area contributed by atoms with Crippen LogP contribution < -0.4 is 0 Å². The third-order valence-electron chi connectivity index (χ3n) is 5.04. The van der Waals surface area contributed by atoms with Crippen LogP contribution in [0.5, 0.6) is 0 Å². The minimum atomic E-state index is -0.286. The van der Waals surface area contributed by atoms with Crippen LogP contribution in [0.15, 0.2) is 24.3 Å². The van der Waals surface area contributed by atoms with Gasteiger partial charge in [0.25, 0.3) is 0 Å². The number of ketones is 1. The van der Waals surface area contributed by atoms with Crippen molar-refractivity contribution in [2.75, 3.05) is 19.6 Å². The zero-order chi connectivity index (χ0) is 14.7. The Labute approximate surface area is 138 Å². The number of carbonyl (C=O) groups excluding carboxylic acids is 1. The highest BCUT2D eigenvalue weighted by Crippen LogP contribution is 2.33. The third kappa shape index (κ3) is 4.53. The van der Waals surface area contributed by atoms with E-state index in [1.54, 1.807) is 12.1 Å². The van der Waals surface area contributed by atoms with Gasteiger partial charge in [0.2, 0.25) is 0 Å². The van der Waals surface area contributed by atoms with Gasteiger partial charge in [0.05, 0.1) is 0 Å². The highest BCUT2D eigenvalue weighted by atomic mass is 35.5. The predicted octanol–water partition coefficient (Wildman–Crippen LogP) is 4.33. The first-order chi connectivity index (χ1) is 10.2. The van der Waals surface area contributed by atoms with Gasteiger partial charge in [0.1, 0.15) is 5.82 Å². The largest absolute Gasteiger partial charge is 0.303 e. The zero-order valence-electron chi connectivity index (χ0n) is 13.0. The van der Waals surface area contributed by atoms with Gasteiger partial charge in [-0.1, -0.05) is 0 Å². The summed E-state index contributed by atoms with van der Waals surface area (Å²) in [5, 5.41) is 0. The van der Waals surface area contributed by atoms with Gasteiger partial charge in [0.15, 0.2) is 5.78 Å². The molecular weight excluding hydrogens is 301 g/mol. The summed E-state index contributed by atoms with van der Waals surface area (Å²) in [5.41, 5.74) is 0.632. The van der Waals surface area contributed by atoms with Crippen molar-refractivity contribution in [3.63, 3.8) is 0 Å². The van der Waals surface area contributed by atoms with Crippen LogP contribution in [0.1, 0.15) is 48.9 Å². The van der Waals surface area contributed by atoms with Crippen molar-refractivity contribution in [1.29, 1.82) is 0 Å². The number of carbonyl (C=O) groups is 1. The molecular formula is C18H25ClFNO. The molecule has 0 aromatic heterocycles. The molecule has 2 heterocycles. The fourth-order valence-corrected chi connectivity index (χ4v) is 3.83. The molecule has 1 aliphatic carbocycles. The zero-order valence-corrected chi connectivity index (χ0v) is 13.8. The van der Waals surface area contributed by atoms with Crippen LogP contribution in [0.3, 0.4) is 0 Å². The first-order valence-corrected chi connectivity index (χ1v) is 8.22. The molecule has 122 valence electrons. The molecule has 0 N–H and O–H groups in total. The summed E-state index contributed by atoms with van der Waals surface area (Å²) in [6.45, 7) is 3.47. The first-order valence-electron chi connectivity index (χ1n) is 8.22. The van der Waals surface area contributed by atoms with Gasteiger partial charge in [-0.15, -0.1) is 12.4 Å². The standard InChI is InChI=1S/C18H24FNO.ClH/c19-17-9-7-16(8-10-17)18(21)2-1-11-20-12-14-3-4-15(13-20)6-5-14;/h7-10,14-15H,1-6,11-13H2;1H. The van der Waals surface area contributed by atoms with Crippen molar-refractivity contribution >= 4 is 18.2 Å². The van der Waals surface area contributed by atoms with Crippen LogP contribution in [0.25, 0.3) is 0 Å². The molecule has 2 bridgehead atoms. The summed E-state index contributed by atoms with van der Waals surface area (Å²) in [6.07, 6.45) is 7.07. The number of benzene rings is 1. The summed E-state index contributed by atoms with van der Waals surface area (Å²) >= 11 is 0. The lowest BCUT2D eigenvalue weighted by Crippen LogP contribution is -2.29. The number of halogens is 2. The van der Waals surface area contributed by atoms with Crippen LogP contribution in [0, 0.1) is 17.7 Å². The van der Waals surface area contributed by atoms with Crippen molar-refractivity contribution in [1.82, 2.24) is 4.90 Å². The van der Waals surface area contributed by atoms with E-state index < -0.39 is 0 Å². The maximum atomic E-state index is 12.8. The number of fused-ring (bicyclic) bond motifs is 4. The van der Waals surface area contributed by atoms with Crippen molar-refractivity contribution in [3.8, 4) is 0 Å². The topological polar surface area (TPSA) is 20.3 Å². The molecule has 1 aromatic carbocycles. The molecule has 0 atom stereocenters. The van der Waals surface area contributed by atoms with Crippen LogP contribution in [-0.4, -0.2) is 30.3 Å². The highest BCUT2D eigenvalue weighted by Gasteiger charge is 2.28. The van der Waals surface area contributed by atoms with Gasteiger partial charge in [-0.05, 0) is 74.8 Å². The maximum absolute atomic E-state index is 12.8. The average molecular weight is 326 g/mol. The summed E-state index contributed by atoms with van der Waals surface area (Å²) in [6, 6.07) is 5.90. The third-order valence-corrected chi connectivity index (χ3v) is 5.04. The van der Waals surface area contributed by atoms with Crippen LogP contribution >= 0.6 is 12.4 Å². The fraction of sp³-hybridized carbons (Fsp3) is 0.611. The van der Waals surface area contributed by atoms with Gasteiger partial charge >= 0.3 is 0 Å². The molecule has 1 aromatic rings. The molecule has 3 aliphatic rings. The summed E-state index contributed by atoms with van der Waals surface area (Å²) in [4.78, 5) is 14.6. The van der Waals surface area contributed by atoms with Crippen LogP contribution in [0.4, 0.5) is 4.39 Å².